The Bertz CT molecular complexity index is 574. The van der Waals surface area contributed by atoms with Gasteiger partial charge in [-0.2, -0.15) is 22.8 Å². The highest BCUT2D eigenvalue weighted by Gasteiger charge is 2.38. The Morgan fingerprint density at radius 3 is 2.95 bits per heavy atom. The SMILES string of the molecule is FC(F)(F)c1nnc2sc(CC3CNCCO3)nn12. The molecule has 0 amide bonds. The molecule has 3 heterocycles. The van der Waals surface area contributed by atoms with E-state index < -0.39 is 12.0 Å². The zero-order valence-corrected chi connectivity index (χ0v) is 10.5. The maximum absolute atomic E-state index is 12.6. The van der Waals surface area contributed by atoms with E-state index in [4.69, 9.17) is 4.74 Å². The summed E-state index contributed by atoms with van der Waals surface area (Å²) in [7, 11) is 0. The Balaban J connectivity index is 1.83. The normalized spacial score (nSPS) is 21.1. The summed E-state index contributed by atoms with van der Waals surface area (Å²) in [6.45, 7) is 2.06. The first-order chi connectivity index (χ1) is 9.04. The van der Waals surface area contributed by atoms with Crippen LogP contribution in [0.3, 0.4) is 0 Å². The molecule has 19 heavy (non-hydrogen) atoms. The lowest BCUT2D eigenvalue weighted by molar-refractivity contribution is -0.146. The van der Waals surface area contributed by atoms with E-state index in [2.05, 4.69) is 20.6 Å². The molecule has 1 fully saturated rings. The molecule has 6 nitrogen and oxygen atoms in total. The van der Waals surface area contributed by atoms with Gasteiger partial charge in [0, 0.05) is 19.5 Å². The third-order valence-corrected chi connectivity index (χ3v) is 3.61. The topological polar surface area (TPSA) is 64.3 Å². The number of halogens is 3. The molecule has 0 bridgehead atoms. The summed E-state index contributed by atoms with van der Waals surface area (Å²) >= 11 is 1.10. The molecule has 3 rings (SSSR count). The van der Waals surface area contributed by atoms with Crippen LogP contribution in [-0.4, -0.2) is 45.6 Å². The minimum atomic E-state index is -4.55. The molecule has 0 aliphatic carbocycles. The summed E-state index contributed by atoms with van der Waals surface area (Å²) in [6, 6.07) is 0. The molecule has 10 heteroatoms. The molecular formula is C9H10F3N5OS. The highest BCUT2D eigenvalue weighted by Crippen LogP contribution is 2.29. The van der Waals surface area contributed by atoms with Crippen molar-refractivity contribution < 1.29 is 17.9 Å². The molecule has 0 aromatic carbocycles. The van der Waals surface area contributed by atoms with Crippen molar-refractivity contribution in [3.8, 4) is 0 Å². The molecule has 0 radical (unpaired) electrons. The van der Waals surface area contributed by atoms with Crippen molar-refractivity contribution >= 4 is 16.3 Å². The van der Waals surface area contributed by atoms with E-state index in [1.165, 1.54) is 0 Å². The van der Waals surface area contributed by atoms with Crippen LogP contribution in [-0.2, 0) is 17.3 Å². The number of morpholine rings is 1. The van der Waals surface area contributed by atoms with Crippen LogP contribution in [0.1, 0.15) is 10.8 Å². The van der Waals surface area contributed by atoms with Crippen LogP contribution in [0.2, 0.25) is 0 Å². The van der Waals surface area contributed by atoms with Crippen molar-refractivity contribution in [3.05, 3.63) is 10.8 Å². The number of hydrogen-bond acceptors (Lipinski definition) is 6. The van der Waals surface area contributed by atoms with Crippen molar-refractivity contribution in [3.63, 3.8) is 0 Å². The number of alkyl halides is 3. The molecule has 1 atom stereocenters. The number of hydrogen-bond donors (Lipinski definition) is 1. The van der Waals surface area contributed by atoms with E-state index in [9.17, 15) is 13.2 Å². The Labute approximate surface area is 109 Å². The van der Waals surface area contributed by atoms with Gasteiger partial charge in [-0.15, -0.1) is 10.2 Å². The first kappa shape index (κ1) is 12.8. The van der Waals surface area contributed by atoms with Crippen molar-refractivity contribution in [2.45, 2.75) is 18.7 Å². The van der Waals surface area contributed by atoms with E-state index in [0.29, 0.717) is 24.6 Å². The molecule has 1 saturated heterocycles. The zero-order valence-electron chi connectivity index (χ0n) is 9.65. The zero-order chi connectivity index (χ0) is 13.5. The Hall–Kier alpha value is -1.26. The number of nitrogens with zero attached hydrogens (tertiary/aromatic N) is 4. The van der Waals surface area contributed by atoms with E-state index >= 15 is 0 Å². The van der Waals surface area contributed by atoms with Gasteiger partial charge in [-0.3, -0.25) is 0 Å². The molecule has 0 saturated carbocycles. The number of nitrogens with one attached hydrogen (secondary N) is 1. The van der Waals surface area contributed by atoms with Crippen LogP contribution in [0, 0.1) is 0 Å². The fourth-order valence-corrected chi connectivity index (χ4v) is 2.76. The molecule has 2 aromatic rings. The summed E-state index contributed by atoms with van der Waals surface area (Å²) in [5, 5.41) is 14.2. The third kappa shape index (κ3) is 2.55. The van der Waals surface area contributed by atoms with Gasteiger partial charge in [0.15, 0.2) is 0 Å². The second-order valence-corrected chi connectivity index (χ2v) is 5.15. The van der Waals surface area contributed by atoms with Gasteiger partial charge in [0.1, 0.15) is 5.01 Å². The van der Waals surface area contributed by atoms with Gasteiger partial charge < -0.3 is 10.1 Å². The summed E-state index contributed by atoms with van der Waals surface area (Å²) < 4.78 is 44.1. The molecule has 1 N–H and O–H groups in total. The molecule has 1 aliphatic rings. The van der Waals surface area contributed by atoms with Crippen LogP contribution in [0.4, 0.5) is 13.2 Å². The van der Waals surface area contributed by atoms with Crippen molar-refractivity contribution in [1.29, 1.82) is 0 Å². The third-order valence-electron chi connectivity index (χ3n) is 2.69. The second kappa shape index (κ2) is 4.69. The van der Waals surface area contributed by atoms with Gasteiger partial charge in [-0.1, -0.05) is 11.3 Å². The smallest absolute Gasteiger partial charge is 0.375 e. The number of fused-ring (bicyclic) bond motifs is 1. The number of ether oxygens (including phenoxy) is 1. The van der Waals surface area contributed by atoms with Gasteiger partial charge in [0.2, 0.25) is 4.96 Å². The van der Waals surface area contributed by atoms with Gasteiger partial charge >= 0.3 is 6.18 Å². The van der Waals surface area contributed by atoms with E-state index in [-0.39, 0.29) is 11.1 Å². The largest absolute Gasteiger partial charge is 0.453 e. The maximum Gasteiger partial charge on any atom is 0.453 e. The van der Waals surface area contributed by atoms with E-state index in [0.717, 1.165) is 22.4 Å². The average molecular weight is 293 g/mol. The van der Waals surface area contributed by atoms with Crippen LogP contribution in [0.5, 0.6) is 0 Å². The van der Waals surface area contributed by atoms with Gasteiger partial charge in [-0.25, -0.2) is 0 Å². The molecule has 1 aliphatic heterocycles. The predicted molar refractivity (Wildman–Crippen MR) is 60.0 cm³/mol. The molecule has 104 valence electrons. The minimum absolute atomic E-state index is 0.0631. The number of rotatable bonds is 2. The van der Waals surface area contributed by atoms with Crippen molar-refractivity contribution in [2.24, 2.45) is 0 Å². The van der Waals surface area contributed by atoms with Crippen LogP contribution in [0.25, 0.3) is 4.96 Å². The summed E-state index contributed by atoms with van der Waals surface area (Å²) in [5.41, 5.74) is 0. The van der Waals surface area contributed by atoms with Gasteiger partial charge in [-0.05, 0) is 0 Å². The quantitative estimate of drug-likeness (QED) is 0.884. The highest BCUT2D eigenvalue weighted by atomic mass is 32.1. The lowest BCUT2D eigenvalue weighted by Crippen LogP contribution is -2.39. The highest BCUT2D eigenvalue weighted by molar-refractivity contribution is 7.16. The Morgan fingerprint density at radius 1 is 1.42 bits per heavy atom. The van der Waals surface area contributed by atoms with Gasteiger partial charge in [0.25, 0.3) is 5.82 Å². The fraction of sp³-hybridized carbons (Fsp3) is 0.667. The number of aromatic nitrogens is 4. The molecule has 2 aromatic heterocycles. The van der Waals surface area contributed by atoms with Gasteiger partial charge in [0.05, 0.1) is 12.7 Å². The summed E-state index contributed by atoms with van der Waals surface area (Å²) in [5.74, 6) is -1.09. The lowest BCUT2D eigenvalue weighted by Gasteiger charge is -2.22. The van der Waals surface area contributed by atoms with Crippen molar-refractivity contribution in [1.82, 2.24) is 25.1 Å². The minimum Gasteiger partial charge on any atom is -0.375 e. The standard InChI is InChI=1S/C9H10F3N5OS/c10-9(11,12)7-14-15-8-17(7)16-6(19-8)3-5-4-13-1-2-18-5/h5,13H,1-4H2. The van der Waals surface area contributed by atoms with E-state index in [1.807, 2.05) is 0 Å². The fourth-order valence-electron chi connectivity index (χ4n) is 1.86. The average Bonchev–Trinajstić information content (AvgIpc) is 2.88. The summed E-state index contributed by atoms with van der Waals surface area (Å²) in [6.07, 6.45) is -4.14. The summed E-state index contributed by atoms with van der Waals surface area (Å²) in [4.78, 5) is 0.145. The first-order valence-electron chi connectivity index (χ1n) is 5.64. The Morgan fingerprint density at radius 2 is 2.26 bits per heavy atom. The first-order valence-corrected chi connectivity index (χ1v) is 6.46. The van der Waals surface area contributed by atoms with Crippen LogP contribution < -0.4 is 5.32 Å². The Kier molecular flexibility index (Phi) is 3.15. The molecule has 0 spiro atoms. The second-order valence-electron chi connectivity index (χ2n) is 4.11. The van der Waals surface area contributed by atoms with E-state index in [1.54, 1.807) is 0 Å². The molecular weight excluding hydrogens is 283 g/mol. The van der Waals surface area contributed by atoms with Crippen molar-refractivity contribution in [2.75, 3.05) is 19.7 Å². The lowest BCUT2D eigenvalue weighted by atomic mass is 10.2. The molecule has 1 unspecified atom stereocenters. The van der Waals surface area contributed by atoms with Crippen LogP contribution >= 0.6 is 11.3 Å². The maximum atomic E-state index is 12.6. The predicted octanol–water partition coefficient (Wildman–Crippen LogP) is 0.735. The van der Waals surface area contributed by atoms with Crippen LogP contribution in [0.15, 0.2) is 0 Å². The monoisotopic (exact) mass is 293 g/mol.